The van der Waals surface area contributed by atoms with E-state index in [4.69, 9.17) is 4.52 Å². The van der Waals surface area contributed by atoms with E-state index in [2.05, 4.69) is 42.1 Å². The van der Waals surface area contributed by atoms with Crippen molar-refractivity contribution >= 4 is 23.4 Å². The van der Waals surface area contributed by atoms with Gasteiger partial charge in [0, 0.05) is 48.1 Å². The topological polar surface area (TPSA) is 49.6 Å². The number of aromatic nitrogens is 1. The molecule has 0 spiro atoms. The molecule has 0 N–H and O–H groups in total. The van der Waals surface area contributed by atoms with Crippen molar-refractivity contribution in [3.63, 3.8) is 0 Å². The third-order valence-corrected chi connectivity index (χ3v) is 7.25. The number of piperazine rings is 1. The van der Waals surface area contributed by atoms with Crippen molar-refractivity contribution in [1.29, 1.82) is 0 Å². The smallest absolute Gasteiger partial charge is 0.255 e. The van der Waals surface area contributed by atoms with Gasteiger partial charge < -0.3 is 14.3 Å². The summed E-state index contributed by atoms with van der Waals surface area (Å²) in [6.45, 7) is 11.4. The summed E-state index contributed by atoms with van der Waals surface area (Å²) in [5.41, 5.74) is 6.70. The Bertz CT molecular complexity index is 1060. The van der Waals surface area contributed by atoms with Crippen molar-refractivity contribution in [1.82, 2.24) is 10.1 Å². The molecule has 0 atom stereocenters. The molecule has 0 radical (unpaired) electrons. The van der Waals surface area contributed by atoms with Crippen LogP contribution in [0, 0.1) is 27.7 Å². The van der Waals surface area contributed by atoms with Gasteiger partial charge in [-0.15, -0.1) is 11.8 Å². The summed E-state index contributed by atoms with van der Waals surface area (Å²) in [6.07, 6.45) is 0. The van der Waals surface area contributed by atoms with Crippen molar-refractivity contribution in [2.75, 3.05) is 31.1 Å². The number of rotatable bonds is 5. The van der Waals surface area contributed by atoms with E-state index in [1.165, 1.54) is 16.8 Å². The van der Waals surface area contributed by atoms with Gasteiger partial charge in [0.15, 0.2) is 0 Å². The van der Waals surface area contributed by atoms with Gasteiger partial charge >= 0.3 is 0 Å². The second-order valence-corrected chi connectivity index (χ2v) is 9.10. The van der Waals surface area contributed by atoms with Gasteiger partial charge in [-0.05, 0) is 57.0 Å². The van der Waals surface area contributed by atoms with Crippen LogP contribution in [0.3, 0.4) is 0 Å². The van der Waals surface area contributed by atoms with Crippen LogP contribution in [0.25, 0.3) is 0 Å². The molecule has 0 bridgehead atoms. The van der Waals surface area contributed by atoms with Gasteiger partial charge in [-0.25, -0.2) is 0 Å². The van der Waals surface area contributed by atoms with E-state index < -0.39 is 0 Å². The first-order chi connectivity index (χ1) is 15.0. The fourth-order valence-electron chi connectivity index (χ4n) is 4.03. The van der Waals surface area contributed by atoms with Crippen molar-refractivity contribution in [2.24, 2.45) is 0 Å². The minimum Gasteiger partial charge on any atom is -0.368 e. The molecule has 0 unspecified atom stereocenters. The maximum atomic E-state index is 13.3. The summed E-state index contributed by atoms with van der Waals surface area (Å²) < 4.78 is 5.28. The van der Waals surface area contributed by atoms with Crippen LogP contribution in [-0.4, -0.2) is 42.1 Å². The van der Waals surface area contributed by atoms with E-state index in [1.54, 1.807) is 11.8 Å². The third kappa shape index (κ3) is 4.49. The first-order valence-corrected chi connectivity index (χ1v) is 11.7. The Morgan fingerprint density at radius 1 is 1.00 bits per heavy atom. The van der Waals surface area contributed by atoms with E-state index in [0.717, 1.165) is 59.4 Å². The summed E-state index contributed by atoms with van der Waals surface area (Å²) in [6, 6.07) is 14.3. The zero-order valence-corrected chi connectivity index (χ0v) is 19.5. The summed E-state index contributed by atoms with van der Waals surface area (Å²) in [7, 11) is 0. The standard InChI is InChI=1S/C25H29N3O2S/c1-17-8-7-10-23(18(17)2)27-12-14-28(15-13-27)25(29)21-9-5-6-11-24(21)31-16-22-19(3)26-30-20(22)4/h5-11H,12-16H2,1-4H3. The predicted octanol–water partition coefficient (Wildman–Crippen LogP) is 5.16. The molecule has 5 nitrogen and oxygen atoms in total. The maximum absolute atomic E-state index is 13.3. The molecule has 162 valence electrons. The van der Waals surface area contributed by atoms with E-state index in [-0.39, 0.29) is 5.91 Å². The SMILES string of the molecule is Cc1cccc(N2CCN(C(=O)c3ccccc3SCc3c(C)noc3C)CC2)c1C. The number of nitrogens with zero attached hydrogens (tertiary/aromatic N) is 3. The Morgan fingerprint density at radius 2 is 1.74 bits per heavy atom. The molecule has 6 heteroatoms. The Labute approximate surface area is 188 Å². The average molecular weight is 436 g/mol. The number of carbonyl (C=O) groups is 1. The third-order valence-electron chi connectivity index (χ3n) is 6.15. The monoisotopic (exact) mass is 435 g/mol. The van der Waals surface area contributed by atoms with Crippen LogP contribution in [0.2, 0.25) is 0 Å². The highest BCUT2D eigenvalue weighted by atomic mass is 32.2. The number of anilines is 1. The molecule has 4 rings (SSSR count). The Balaban J connectivity index is 1.44. The molecular formula is C25H29N3O2S. The van der Waals surface area contributed by atoms with E-state index >= 15 is 0 Å². The number of carbonyl (C=O) groups excluding carboxylic acids is 1. The van der Waals surface area contributed by atoms with Gasteiger partial charge in [0.05, 0.1) is 11.3 Å². The fourth-order valence-corrected chi connectivity index (χ4v) is 5.22. The van der Waals surface area contributed by atoms with Gasteiger partial charge in [0.1, 0.15) is 5.76 Å². The Hall–Kier alpha value is -2.73. The van der Waals surface area contributed by atoms with Gasteiger partial charge in [0.25, 0.3) is 5.91 Å². The molecule has 1 aromatic heterocycles. The fraction of sp³-hybridized carbons (Fsp3) is 0.360. The van der Waals surface area contributed by atoms with Crippen LogP contribution in [0.1, 0.15) is 38.5 Å². The van der Waals surface area contributed by atoms with Crippen molar-refractivity contribution in [2.45, 2.75) is 38.3 Å². The molecule has 0 aliphatic carbocycles. The normalized spacial score (nSPS) is 14.2. The van der Waals surface area contributed by atoms with Crippen molar-refractivity contribution in [3.8, 4) is 0 Å². The van der Waals surface area contributed by atoms with Crippen molar-refractivity contribution < 1.29 is 9.32 Å². The van der Waals surface area contributed by atoms with Gasteiger partial charge in [-0.2, -0.15) is 0 Å². The highest BCUT2D eigenvalue weighted by Gasteiger charge is 2.25. The molecule has 1 fully saturated rings. The first-order valence-electron chi connectivity index (χ1n) is 10.7. The highest BCUT2D eigenvalue weighted by Crippen LogP contribution is 2.30. The second-order valence-electron chi connectivity index (χ2n) is 8.09. The summed E-state index contributed by atoms with van der Waals surface area (Å²) in [5.74, 6) is 1.70. The number of benzene rings is 2. The molecule has 1 amide bonds. The summed E-state index contributed by atoms with van der Waals surface area (Å²) in [5, 5.41) is 4.03. The minimum absolute atomic E-state index is 0.113. The van der Waals surface area contributed by atoms with E-state index in [0.29, 0.717) is 0 Å². The molecule has 3 aromatic rings. The number of thioether (sulfide) groups is 1. The molecule has 2 aromatic carbocycles. The second kappa shape index (κ2) is 9.18. The van der Waals surface area contributed by atoms with Crippen LogP contribution in [-0.2, 0) is 5.75 Å². The van der Waals surface area contributed by atoms with Crippen LogP contribution in [0.15, 0.2) is 51.9 Å². The summed E-state index contributed by atoms with van der Waals surface area (Å²) >= 11 is 1.67. The van der Waals surface area contributed by atoms with Crippen LogP contribution >= 0.6 is 11.8 Å². The zero-order chi connectivity index (χ0) is 22.0. The van der Waals surface area contributed by atoms with E-state index in [1.807, 2.05) is 43.0 Å². The lowest BCUT2D eigenvalue weighted by atomic mass is 10.1. The van der Waals surface area contributed by atoms with E-state index in [9.17, 15) is 4.79 Å². The lowest BCUT2D eigenvalue weighted by Crippen LogP contribution is -2.49. The molecule has 0 saturated carbocycles. The lowest BCUT2D eigenvalue weighted by Gasteiger charge is -2.37. The molecular weight excluding hydrogens is 406 g/mol. The van der Waals surface area contributed by atoms with Crippen LogP contribution < -0.4 is 4.90 Å². The first kappa shape index (κ1) is 21.5. The van der Waals surface area contributed by atoms with Crippen molar-refractivity contribution in [3.05, 3.63) is 76.2 Å². The lowest BCUT2D eigenvalue weighted by molar-refractivity contribution is 0.0743. The minimum atomic E-state index is 0.113. The van der Waals surface area contributed by atoms with Crippen LogP contribution in [0.5, 0.6) is 0 Å². The number of amides is 1. The number of hydrogen-bond acceptors (Lipinski definition) is 5. The van der Waals surface area contributed by atoms with Crippen LogP contribution in [0.4, 0.5) is 5.69 Å². The molecule has 1 aliphatic heterocycles. The average Bonchev–Trinajstić information content (AvgIpc) is 3.11. The number of aryl methyl sites for hydroxylation is 3. The largest absolute Gasteiger partial charge is 0.368 e. The zero-order valence-electron chi connectivity index (χ0n) is 18.6. The summed E-state index contributed by atoms with van der Waals surface area (Å²) in [4.78, 5) is 18.7. The Kier molecular flexibility index (Phi) is 6.37. The predicted molar refractivity (Wildman–Crippen MR) is 126 cm³/mol. The maximum Gasteiger partial charge on any atom is 0.255 e. The highest BCUT2D eigenvalue weighted by molar-refractivity contribution is 7.98. The molecule has 2 heterocycles. The van der Waals surface area contributed by atoms with Gasteiger partial charge in [-0.1, -0.05) is 29.4 Å². The molecule has 31 heavy (non-hydrogen) atoms. The van der Waals surface area contributed by atoms with Gasteiger partial charge in [0.2, 0.25) is 0 Å². The Morgan fingerprint density at radius 3 is 2.45 bits per heavy atom. The number of hydrogen-bond donors (Lipinski definition) is 0. The molecule has 1 saturated heterocycles. The quantitative estimate of drug-likeness (QED) is 0.518. The molecule has 1 aliphatic rings. The van der Waals surface area contributed by atoms with Gasteiger partial charge in [-0.3, -0.25) is 4.79 Å².